The molecule has 0 amide bonds. The topological polar surface area (TPSA) is 93.8 Å². The third kappa shape index (κ3) is 4.22. The number of hydrogen-bond acceptors (Lipinski definition) is 6. The first kappa shape index (κ1) is 14.9. The second-order valence-corrected chi connectivity index (χ2v) is 3.86. The van der Waals surface area contributed by atoms with Crippen LogP contribution in [0.4, 0.5) is 11.4 Å². The lowest BCUT2D eigenvalue weighted by Gasteiger charge is -2.05. The van der Waals surface area contributed by atoms with Gasteiger partial charge in [0.15, 0.2) is 0 Å². The van der Waals surface area contributed by atoms with E-state index in [0.29, 0.717) is 5.69 Å². The van der Waals surface area contributed by atoms with Crippen LogP contribution in [0.25, 0.3) is 0 Å². The van der Waals surface area contributed by atoms with Crippen LogP contribution >= 0.6 is 11.6 Å². The summed E-state index contributed by atoms with van der Waals surface area (Å²) in [5.41, 5.74) is 2.91. The Bertz CT molecular complexity index is 531. The van der Waals surface area contributed by atoms with E-state index in [1.54, 1.807) is 6.92 Å². The molecule has 0 atom stereocenters. The molecule has 1 rings (SSSR count). The molecule has 1 aromatic carbocycles. The number of hydrogen-bond donors (Lipinski definition) is 1. The molecule has 0 unspecified atom stereocenters. The fourth-order valence-corrected chi connectivity index (χ4v) is 1.35. The quantitative estimate of drug-likeness (QED) is 0.388. The molecule has 1 N–H and O–H groups in total. The number of halogens is 1. The second kappa shape index (κ2) is 6.69. The van der Waals surface area contributed by atoms with Gasteiger partial charge in [0, 0.05) is 12.1 Å². The van der Waals surface area contributed by atoms with Gasteiger partial charge in [0.05, 0.1) is 22.2 Å². The SMILES string of the molecule is CCOC(=O)C(C)=NNc1ccc([N+](=O)[O-])cc1Cl. The average molecular weight is 286 g/mol. The lowest BCUT2D eigenvalue weighted by atomic mass is 10.3. The molecule has 19 heavy (non-hydrogen) atoms. The zero-order chi connectivity index (χ0) is 14.4. The zero-order valence-electron chi connectivity index (χ0n) is 10.3. The van der Waals surface area contributed by atoms with Crippen LogP contribution in [0, 0.1) is 10.1 Å². The highest BCUT2D eigenvalue weighted by Crippen LogP contribution is 2.26. The van der Waals surface area contributed by atoms with Crippen LogP contribution in [0.2, 0.25) is 5.02 Å². The van der Waals surface area contributed by atoms with E-state index >= 15 is 0 Å². The number of esters is 1. The molecule has 0 fully saturated rings. The Kier molecular flexibility index (Phi) is 5.25. The summed E-state index contributed by atoms with van der Waals surface area (Å²) in [6.07, 6.45) is 0. The Morgan fingerprint density at radius 2 is 2.26 bits per heavy atom. The first-order chi connectivity index (χ1) is 8.95. The van der Waals surface area contributed by atoms with Crippen molar-refractivity contribution in [3.63, 3.8) is 0 Å². The number of carbonyl (C=O) groups is 1. The second-order valence-electron chi connectivity index (χ2n) is 3.45. The van der Waals surface area contributed by atoms with Crippen molar-refractivity contribution >= 4 is 34.7 Å². The number of non-ortho nitro benzene ring substituents is 1. The number of benzene rings is 1. The summed E-state index contributed by atoms with van der Waals surface area (Å²) < 4.78 is 4.74. The van der Waals surface area contributed by atoms with Gasteiger partial charge in [-0.05, 0) is 19.9 Å². The molecule has 0 aliphatic carbocycles. The number of nitro groups is 1. The van der Waals surface area contributed by atoms with Crippen molar-refractivity contribution in [1.29, 1.82) is 0 Å². The van der Waals surface area contributed by atoms with E-state index in [-0.39, 0.29) is 23.0 Å². The molecule has 8 heteroatoms. The predicted molar refractivity (Wildman–Crippen MR) is 71.5 cm³/mol. The van der Waals surface area contributed by atoms with Crippen molar-refractivity contribution in [2.75, 3.05) is 12.0 Å². The molecular formula is C11H12ClN3O4. The van der Waals surface area contributed by atoms with E-state index in [4.69, 9.17) is 16.3 Å². The number of nitro benzene ring substituents is 1. The number of ether oxygens (including phenoxy) is 1. The summed E-state index contributed by atoms with van der Waals surface area (Å²) in [5, 5.41) is 14.4. The molecule has 0 spiro atoms. The molecule has 0 aliphatic rings. The molecule has 7 nitrogen and oxygen atoms in total. The van der Waals surface area contributed by atoms with Gasteiger partial charge in [-0.15, -0.1) is 0 Å². The highest BCUT2D eigenvalue weighted by Gasteiger charge is 2.10. The summed E-state index contributed by atoms with van der Waals surface area (Å²) >= 11 is 5.85. The molecule has 0 aromatic heterocycles. The maximum absolute atomic E-state index is 11.3. The van der Waals surface area contributed by atoms with Gasteiger partial charge in [0.2, 0.25) is 0 Å². The van der Waals surface area contributed by atoms with E-state index in [9.17, 15) is 14.9 Å². The van der Waals surface area contributed by atoms with Gasteiger partial charge in [-0.2, -0.15) is 5.10 Å². The molecular weight excluding hydrogens is 274 g/mol. The Hall–Kier alpha value is -2.15. The van der Waals surface area contributed by atoms with Gasteiger partial charge in [0.1, 0.15) is 5.71 Å². The van der Waals surface area contributed by atoms with Gasteiger partial charge in [0.25, 0.3) is 5.69 Å². The zero-order valence-corrected chi connectivity index (χ0v) is 11.1. The van der Waals surface area contributed by atoms with Crippen LogP contribution in [-0.2, 0) is 9.53 Å². The van der Waals surface area contributed by atoms with Crippen LogP contribution in [0.5, 0.6) is 0 Å². The molecule has 0 saturated heterocycles. The molecule has 102 valence electrons. The first-order valence-corrected chi connectivity index (χ1v) is 5.74. The normalized spacial score (nSPS) is 11.0. The molecule has 0 saturated carbocycles. The minimum Gasteiger partial charge on any atom is -0.461 e. The third-order valence-corrected chi connectivity index (χ3v) is 2.39. The van der Waals surface area contributed by atoms with Crippen molar-refractivity contribution in [3.05, 3.63) is 33.3 Å². The summed E-state index contributed by atoms with van der Waals surface area (Å²) in [6.45, 7) is 3.42. The third-order valence-electron chi connectivity index (χ3n) is 2.08. The monoisotopic (exact) mass is 285 g/mol. The number of hydrazone groups is 1. The molecule has 0 heterocycles. The fraction of sp³-hybridized carbons (Fsp3) is 0.273. The van der Waals surface area contributed by atoms with Crippen LogP contribution < -0.4 is 5.43 Å². The van der Waals surface area contributed by atoms with Gasteiger partial charge < -0.3 is 4.74 Å². The number of nitrogens with one attached hydrogen (secondary N) is 1. The van der Waals surface area contributed by atoms with Crippen molar-refractivity contribution in [1.82, 2.24) is 0 Å². The number of rotatable bonds is 5. The average Bonchev–Trinajstić information content (AvgIpc) is 2.36. The van der Waals surface area contributed by atoms with E-state index in [0.717, 1.165) is 0 Å². The van der Waals surface area contributed by atoms with Crippen LogP contribution in [0.15, 0.2) is 23.3 Å². The largest absolute Gasteiger partial charge is 0.461 e. The molecule has 0 bridgehead atoms. The maximum atomic E-state index is 11.3. The van der Waals surface area contributed by atoms with Crippen LogP contribution in [0.1, 0.15) is 13.8 Å². The van der Waals surface area contributed by atoms with Gasteiger partial charge >= 0.3 is 5.97 Å². The van der Waals surface area contributed by atoms with Crippen molar-refractivity contribution in [2.45, 2.75) is 13.8 Å². The van der Waals surface area contributed by atoms with Gasteiger partial charge in [-0.25, -0.2) is 4.79 Å². The fourth-order valence-electron chi connectivity index (χ4n) is 1.13. The van der Waals surface area contributed by atoms with Crippen molar-refractivity contribution < 1.29 is 14.5 Å². The van der Waals surface area contributed by atoms with Crippen LogP contribution in [0.3, 0.4) is 0 Å². The number of anilines is 1. The smallest absolute Gasteiger partial charge is 0.354 e. The summed E-state index contributed by atoms with van der Waals surface area (Å²) in [7, 11) is 0. The van der Waals surface area contributed by atoms with Gasteiger partial charge in [-0.1, -0.05) is 11.6 Å². The summed E-state index contributed by atoms with van der Waals surface area (Å²) in [6, 6.07) is 3.88. The predicted octanol–water partition coefficient (Wildman–Crippen LogP) is 2.60. The summed E-state index contributed by atoms with van der Waals surface area (Å²) in [5.74, 6) is -0.548. The standard InChI is InChI=1S/C11H12ClN3O4/c1-3-19-11(16)7(2)13-14-10-5-4-8(15(17)18)6-9(10)12/h4-6,14H,3H2,1-2H3. The number of nitrogens with zero attached hydrogens (tertiary/aromatic N) is 2. The highest BCUT2D eigenvalue weighted by atomic mass is 35.5. The Morgan fingerprint density at radius 3 is 2.79 bits per heavy atom. The van der Waals surface area contributed by atoms with E-state index in [2.05, 4.69) is 10.5 Å². The minimum atomic E-state index is -0.553. The minimum absolute atomic E-state index is 0.122. The Balaban J connectivity index is 2.81. The number of carbonyl (C=O) groups excluding carboxylic acids is 1. The van der Waals surface area contributed by atoms with Crippen molar-refractivity contribution in [3.8, 4) is 0 Å². The van der Waals surface area contributed by atoms with E-state index in [1.807, 2.05) is 0 Å². The summed E-state index contributed by atoms with van der Waals surface area (Å²) in [4.78, 5) is 21.3. The molecule has 0 aliphatic heterocycles. The van der Waals surface area contributed by atoms with E-state index in [1.165, 1.54) is 25.1 Å². The molecule has 1 aromatic rings. The lowest BCUT2D eigenvalue weighted by molar-refractivity contribution is -0.384. The Labute approximate surface area is 114 Å². The first-order valence-electron chi connectivity index (χ1n) is 5.37. The van der Waals surface area contributed by atoms with Crippen molar-refractivity contribution in [2.24, 2.45) is 5.10 Å². The molecule has 0 radical (unpaired) electrons. The Morgan fingerprint density at radius 1 is 1.58 bits per heavy atom. The lowest BCUT2D eigenvalue weighted by Crippen LogP contribution is -2.15. The van der Waals surface area contributed by atoms with Gasteiger partial charge in [-0.3, -0.25) is 15.5 Å². The highest BCUT2D eigenvalue weighted by molar-refractivity contribution is 6.36. The maximum Gasteiger partial charge on any atom is 0.354 e. The van der Waals surface area contributed by atoms with E-state index < -0.39 is 10.9 Å². The van der Waals surface area contributed by atoms with Crippen LogP contribution in [-0.4, -0.2) is 23.2 Å².